The van der Waals surface area contributed by atoms with Crippen LogP contribution < -0.4 is 14.9 Å². The van der Waals surface area contributed by atoms with Gasteiger partial charge in [-0.3, -0.25) is 19.5 Å². The zero-order valence-corrected chi connectivity index (χ0v) is 23.8. The Morgan fingerprint density at radius 1 is 1.20 bits per heavy atom. The molecule has 2 aromatic carbocycles. The van der Waals surface area contributed by atoms with E-state index in [-0.39, 0.29) is 17.9 Å². The molecule has 0 radical (unpaired) electrons. The Kier molecular flexibility index (Phi) is 7.50. The van der Waals surface area contributed by atoms with Crippen LogP contribution in [0.1, 0.15) is 36.8 Å². The van der Waals surface area contributed by atoms with Crippen LogP contribution in [-0.2, 0) is 9.53 Å². The highest BCUT2D eigenvalue weighted by atomic mass is 35.5. The van der Waals surface area contributed by atoms with E-state index in [1.807, 2.05) is 0 Å². The van der Waals surface area contributed by atoms with Crippen LogP contribution in [0, 0.1) is 17.0 Å². The predicted octanol–water partition coefficient (Wildman–Crippen LogP) is 5.58. The number of aryl methyl sites for hydroxylation is 1. The predicted molar refractivity (Wildman–Crippen MR) is 152 cm³/mol. The minimum atomic E-state index is -0.978. The molecule has 0 amide bonds. The molecule has 1 aliphatic heterocycles. The van der Waals surface area contributed by atoms with Gasteiger partial charge in [-0.1, -0.05) is 46.7 Å². The van der Waals surface area contributed by atoms with Crippen molar-refractivity contribution in [3.63, 3.8) is 0 Å². The number of aromatic nitrogens is 1. The Morgan fingerprint density at radius 2 is 1.98 bits per heavy atom. The third-order valence-corrected chi connectivity index (χ3v) is 7.90. The fourth-order valence-electron chi connectivity index (χ4n) is 4.49. The van der Waals surface area contributed by atoms with Crippen LogP contribution in [0.2, 0.25) is 10.0 Å². The van der Waals surface area contributed by atoms with Crippen LogP contribution in [0.3, 0.4) is 0 Å². The minimum absolute atomic E-state index is 0.109. The van der Waals surface area contributed by atoms with Crippen molar-refractivity contribution in [3.8, 4) is 11.3 Å². The van der Waals surface area contributed by atoms with E-state index in [4.69, 9.17) is 32.4 Å². The van der Waals surface area contributed by atoms with Crippen LogP contribution in [0.5, 0.6) is 0 Å². The number of fused-ring (bicyclic) bond motifs is 1. The van der Waals surface area contributed by atoms with Crippen LogP contribution in [-0.4, -0.2) is 22.1 Å². The highest BCUT2D eigenvalue weighted by Crippen LogP contribution is 2.34. The maximum Gasteiger partial charge on any atom is 0.338 e. The molecular weight excluding hydrogens is 577 g/mol. The lowest BCUT2D eigenvalue weighted by molar-refractivity contribution is -0.385. The van der Waals surface area contributed by atoms with Gasteiger partial charge in [-0.2, -0.15) is 0 Å². The summed E-state index contributed by atoms with van der Waals surface area (Å²) in [7, 11) is 0. The smallest absolute Gasteiger partial charge is 0.338 e. The van der Waals surface area contributed by atoms with E-state index in [2.05, 4.69) is 4.99 Å². The molecule has 9 nitrogen and oxygen atoms in total. The number of hydrogen-bond donors (Lipinski definition) is 0. The highest BCUT2D eigenvalue weighted by molar-refractivity contribution is 7.07. The molecular formula is C28H21Cl2N3O6S. The number of nitro groups is 1. The van der Waals surface area contributed by atoms with Gasteiger partial charge in [0, 0.05) is 28.3 Å². The van der Waals surface area contributed by atoms with Gasteiger partial charge in [0.1, 0.15) is 11.5 Å². The summed E-state index contributed by atoms with van der Waals surface area (Å²) in [6.07, 6.45) is 1.57. The SMILES string of the molecule is CCOC(=O)C1=C(C)N=c2s/c(=C/c3ccc(-c4cc(Cl)ccc4Cl)o3)c(=O)n2[C@@H]1c1ccc(C)c([N+](=O)[O-])c1. The average Bonchev–Trinajstić information content (AvgIpc) is 3.49. The molecule has 0 saturated carbocycles. The molecule has 3 heterocycles. The molecule has 1 atom stereocenters. The standard InChI is InChI=1S/C28H21Cl2N3O6S/c1-4-38-27(35)24-15(3)31-28-32(25(24)16-6-5-14(2)21(11-16)33(36)37)26(34)23(40-28)13-18-8-10-22(39-18)19-12-17(29)7-9-20(19)30/h5-13,25H,4H2,1-3H3/b23-13+/t25-/m1/s1. The zero-order chi connectivity index (χ0) is 28.7. The highest BCUT2D eigenvalue weighted by Gasteiger charge is 2.34. The molecule has 204 valence electrons. The van der Waals surface area contributed by atoms with Crippen molar-refractivity contribution in [2.45, 2.75) is 26.8 Å². The van der Waals surface area contributed by atoms with Crippen LogP contribution in [0.15, 0.2) is 74.0 Å². The Labute approximate surface area is 241 Å². The van der Waals surface area contributed by atoms with Crippen molar-refractivity contribution in [3.05, 3.63) is 117 Å². The molecule has 0 aliphatic carbocycles. The summed E-state index contributed by atoms with van der Waals surface area (Å²) >= 11 is 13.5. The first-order valence-electron chi connectivity index (χ1n) is 12.1. The number of nitro benzene ring substituents is 1. The van der Waals surface area contributed by atoms with E-state index in [1.165, 1.54) is 10.6 Å². The first kappa shape index (κ1) is 27.6. The maximum atomic E-state index is 13.8. The molecule has 0 spiro atoms. The van der Waals surface area contributed by atoms with Gasteiger partial charge in [-0.25, -0.2) is 9.79 Å². The van der Waals surface area contributed by atoms with Gasteiger partial charge in [-0.05, 0) is 56.7 Å². The Bertz CT molecular complexity index is 1900. The van der Waals surface area contributed by atoms with Crippen molar-refractivity contribution < 1.29 is 18.9 Å². The molecule has 0 bridgehead atoms. The third-order valence-electron chi connectivity index (χ3n) is 6.36. The molecule has 5 rings (SSSR count). The largest absolute Gasteiger partial charge is 0.463 e. The minimum Gasteiger partial charge on any atom is -0.463 e. The van der Waals surface area contributed by atoms with Crippen LogP contribution in [0.25, 0.3) is 17.4 Å². The number of ether oxygens (including phenoxy) is 1. The summed E-state index contributed by atoms with van der Waals surface area (Å²) in [6, 6.07) is 12.1. The number of nitrogens with zero attached hydrogens (tertiary/aromatic N) is 3. The maximum absolute atomic E-state index is 13.8. The van der Waals surface area contributed by atoms with Gasteiger partial charge < -0.3 is 9.15 Å². The second kappa shape index (κ2) is 10.9. The molecule has 1 aliphatic rings. The van der Waals surface area contributed by atoms with Crippen molar-refractivity contribution in [1.82, 2.24) is 4.57 Å². The lowest BCUT2D eigenvalue weighted by Gasteiger charge is -2.24. The molecule has 0 N–H and O–H groups in total. The average molecular weight is 598 g/mol. The molecule has 0 saturated heterocycles. The third kappa shape index (κ3) is 5.01. The van der Waals surface area contributed by atoms with E-state index >= 15 is 0 Å². The van der Waals surface area contributed by atoms with E-state index < -0.39 is 22.5 Å². The van der Waals surface area contributed by atoms with E-state index in [9.17, 15) is 19.7 Å². The van der Waals surface area contributed by atoms with Gasteiger partial charge in [-0.15, -0.1) is 0 Å². The Morgan fingerprint density at radius 3 is 2.70 bits per heavy atom. The van der Waals surface area contributed by atoms with E-state index in [0.29, 0.717) is 53.3 Å². The number of furan rings is 1. The van der Waals surface area contributed by atoms with Gasteiger partial charge in [0.15, 0.2) is 4.80 Å². The number of benzene rings is 2. The Balaban J connectivity index is 1.67. The van der Waals surface area contributed by atoms with Gasteiger partial charge in [0.05, 0.1) is 38.4 Å². The Hall–Kier alpha value is -3.99. The number of esters is 1. The number of hydrogen-bond acceptors (Lipinski definition) is 8. The van der Waals surface area contributed by atoms with E-state index in [1.54, 1.807) is 69.3 Å². The van der Waals surface area contributed by atoms with Crippen molar-refractivity contribution in [1.29, 1.82) is 0 Å². The second-order valence-corrected chi connectivity index (χ2v) is 10.8. The number of rotatable bonds is 6. The normalized spacial score (nSPS) is 15.1. The second-order valence-electron chi connectivity index (χ2n) is 8.93. The quantitative estimate of drug-likeness (QED) is 0.163. The number of allylic oxidation sites excluding steroid dienone is 1. The molecule has 2 aromatic heterocycles. The summed E-state index contributed by atoms with van der Waals surface area (Å²) < 4.78 is 12.9. The van der Waals surface area contributed by atoms with Gasteiger partial charge in [0.2, 0.25) is 0 Å². The van der Waals surface area contributed by atoms with Crippen molar-refractivity contribution in [2.24, 2.45) is 4.99 Å². The summed E-state index contributed by atoms with van der Waals surface area (Å²) in [5.41, 5.74) is 1.37. The molecule has 40 heavy (non-hydrogen) atoms. The summed E-state index contributed by atoms with van der Waals surface area (Å²) in [6.45, 7) is 5.04. The van der Waals surface area contributed by atoms with Crippen molar-refractivity contribution >= 4 is 52.3 Å². The number of thiazole rings is 1. The number of carbonyl (C=O) groups is 1. The molecule has 12 heteroatoms. The topological polar surface area (TPSA) is 117 Å². The first-order chi connectivity index (χ1) is 19.1. The summed E-state index contributed by atoms with van der Waals surface area (Å²) in [5.74, 6) is 0.206. The lowest BCUT2D eigenvalue weighted by atomic mass is 9.94. The van der Waals surface area contributed by atoms with Gasteiger partial charge in [0.25, 0.3) is 11.2 Å². The monoisotopic (exact) mass is 597 g/mol. The van der Waals surface area contributed by atoms with Crippen molar-refractivity contribution in [2.75, 3.05) is 6.61 Å². The first-order valence-corrected chi connectivity index (χ1v) is 13.7. The summed E-state index contributed by atoms with van der Waals surface area (Å²) in [4.78, 5) is 42.9. The molecule has 4 aromatic rings. The zero-order valence-electron chi connectivity index (χ0n) is 21.4. The van der Waals surface area contributed by atoms with Gasteiger partial charge >= 0.3 is 5.97 Å². The number of carbonyl (C=O) groups excluding carboxylic acids is 1. The lowest BCUT2D eigenvalue weighted by Crippen LogP contribution is -2.40. The van der Waals surface area contributed by atoms with Crippen LogP contribution >= 0.6 is 34.5 Å². The fraction of sp³-hybridized carbons (Fsp3) is 0.179. The molecule has 0 fully saturated rings. The summed E-state index contributed by atoms with van der Waals surface area (Å²) in [5, 5.41) is 12.6. The molecule has 0 unspecified atom stereocenters. The fourth-order valence-corrected chi connectivity index (χ4v) is 5.90. The van der Waals surface area contributed by atoms with E-state index in [0.717, 1.165) is 11.3 Å². The van der Waals surface area contributed by atoms with Crippen LogP contribution in [0.4, 0.5) is 5.69 Å². The number of halogens is 2.